The summed E-state index contributed by atoms with van der Waals surface area (Å²) in [4.78, 5) is 4.23. The number of aromatic nitrogens is 3. The molecule has 0 saturated heterocycles. The van der Waals surface area contributed by atoms with E-state index in [2.05, 4.69) is 10.1 Å². The minimum Gasteiger partial charge on any atom is -0.272 e. The van der Waals surface area contributed by atoms with E-state index in [1.165, 1.54) is 10.5 Å². The quantitative estimate of drug-likeness (QED) is 0.841. The van der Waals surface area contributed by atoms with Gasteiger partial charge in [-0.05, 0) is 25.5 Å². The Morgan fingerprint density at radius 1 is 1.40 bits per heavy atom. The van der Waals surface area contributed by atoms with Crippen LogP contribution in [0.15, 0.2) is 41.8 Å². The average Bonchev–Trinajstić information content (AvgIpc) is 2.96. The van der Waals surface area contributed by atoms with Gasteiger partial charge in [0.15, 0.2) is 0 Å². The number of pyridine rings is 1. The van der Waals surface area contributed by atoms with Crippen molar-refractivity contribution in [3.05, 3.63) is 42.5 Å². The molecule has 0 spiro atoms. The van der Waals surface area contributed by atoms with Crippen molar-refractivity contribution in [1.29, 1.82) is 0 Å². The largest absolute Gasteiger partial charge is 0.272 e. The summed E-state index contributed by atoms with van der Waals surface area (Å²) >= 11 is 0. The molecule has 0 aromatic carbocycles. The summed E-state index contributed by atoms with van der Waals surface area (Å²) in [6.45, 7) is 4.38. The average molecular weight is 294 g/mol. The van der Waals surface area contributed by atoms with Crippen molar-refractivity contribution in [2.45, 2.75) is 31.3 Å². The molecule has 2 heterocycles. The van der Waals surface area contributed by atoms with Crippen LogP contribution in [0.4, 0.5) is 0 Å². The van der Waals surface area contributed by atoms with Gasteiger partial charge in [-0.2, -0.15) is 9.40 Å². The highest BCUT2D eigenvalue weighted by Gasteiger charge is 2.27. The molecule has 0 aliphatic rings. The van der Waals surface area contributed by atoms with Crippen LogP contribution in [0, 0.1) is 0 Å². The van der Waals surface area contributed by atoms with Crippen LogP contribution in [-0.4, -0.2) is 34.5 Å². The molecular formula is C13H18N4O2S. The fourth-order valence-electron chi connectivity index (χ4n) is 1.86. The predicted molar refractivity (Wildman–Crippen MR) is 75.5 cm³/mol. The molecule has 1 atom stereocenters. The lowest BCUT2D eigenvalue weighted by Gasteiger charge is -2.23. The zero-order valence-electron chi connectivity index (χ0n) is 11.8. The molecule has 2 aromatic heterocycles. The SMILES string of the molecule is CCn1cc(S(=O)(=O)N(C)[C@H](C)c2cccnc2)cn1. The molecule has 0 saturated carbocycles. The van der Waals surface area contributed by atoms with Crippen LogP contribution in [0.25, 0.3) is 0 Å². The number of sulfonamides is 1. The molecule has 108 valence electrons. The van der Waals surface area contributed by atoms with Crippen LogP contribution in [0.2, 0.25) is 0 Å². The monoisotopic (exact) mass is 294 g/mol. The molecule has 0 aliphatic heterocycles. The summed E-state index contributed by atoms with van der Waals surface area (Å²) < 4.78 is 28.0. The Morgan fingerprint density at radius 3 is 2.70 bits per heavy atom. The molecule has 20 heavy (non-hydrogen) atoms. The van der Waals surface area contributed by atoms with Gasteiger partial charge in [0.25, 0.3) is 0 Å². The number of aryl methyl sites for hydroxylation is 1. The molecule has 0 unspecified atom stereocenters. The van der Waals surface area contributed by atoms with E-state index in [0.29, 0.717) is 6.54 Å². The summed E-state index contributed by atoms with van der Waals surface area (Å²) in [5, 5.41) is 4.01. The zero-order chi connectivity index (χ0) is 14.8. The second kappa shape index (κ2) is 5.72. The van der Waals surface area contributed by atoms with Crippen LogP contribution in [0.3, 0.4) is 0 Å². The van der Waals surface area contributed by atoms with E-state index in [9.17, 15) is 8.42 Å². The van der Waals surface area contributed by atoms with Gasteiger partial charge < -0.3 is 0 Å². The molecule has 0 amide bonds. The van der Waals surface area contributed by atoms with Gasteiger partial charge in [0.05, 0.1) is 6.20 Å². The Labute approximate surface area is 119 Å². The highest BCUT2D eigenvalue weighted by molar-refractivity contribution is 7.89. The fourth-order valence-corrected chi connectivity index (χ4v) is 3.16. The van der Waals surface area contributed by atoms with Crippen LogP contribution < -0.4 is 0 Å². The molecule has 0 aliphatic carbocycles. The van der Waals surface area contributed by atoms with E-state index < -0.39 is 10.0 Å². The molecule has 0 fully saturated rings. The predicted octanol–water partition coefficient (Wildman–Crippen LogP) is 1.68. The molecular weight excluding hydrogens is 276 g/mol. The Hall–Kier alpha value is -1.73. The summed E-state index contributed by atoms with van der Waals surface area (Å²) in [6, 6.07) is 3.36. The number of hydrogen-bond donors (Lipinski definition) is 0. The lowest BCUT2D eigenvalue weighted by Crippen LogP contribution is -2.29. The Bertz CT molecular complexity index is 667. The van der Waals surface area contributed by atoms with E-state index >= 15 is 0 Å². The van der Waals surface area contributed by atoms with Crippen molar-refractivity contribution < 1.29 is 8.42 Å². The van der Waals surface area contributed by atoms with Crippen LogP contribution in [0.5, 0.6) is 0 Å². The van der Waals surface area contributed by atoms with Gasteiger partial charge in [-0.3, -0.25) is 9.67 Å². The van der Waals surface area contributed by atoms with Crippen LogP contribution in [-0.2, 0) is 16.6 Å². The maximum Gasteiger partial charge on any atom is 0.246 e. The van der Waals surface area contributed by atoms with Crippen molar-refractivity contribution in [2.24, 2.45) is 0 Å². The first kappa shape index (κ1) is 14.7. The van der Waals surface area contributed by atoms with E-state index in [1.54, 1.807) is 36.4 Å². The lowest BCUT2D eigenvalue weighted by atomic mass is 10.1. The Morgan fingerprint density at radius 2 is 2.15 bits per heavy atom. The van der Waals surface area contributed by atoms with Gasteiger partial charge in [0, 0.05) is 38.2 Å². The van der Waals surface area contributed by atoms with Crippen molar-refractivity contribution in [2.75, 3.05) is 7.05 Å². The molecule has 0 radical (unpaired) electrons. The highest BCUT2D eigenvalue weighted by Crippen LogP contribution is 2.24. The highest BCUT2D eigenvalue weighted by atomic mass is 32.2. The summed E-state index contributed by atoms with van der Waals surface area (Å²) in [7, 11) is -1.99. The maximum atomic E-state index is 12.5. The first-order valence-electron chi connectivity index (χ1n) is 6.37. The van der Waals surface area contributed by atoms with Gasteiger partial charge in [0.1, 0.15) is 4.90 Å². The van der Waals surface area contributed by atoms with E-state index in [1.807, 2.05) is 19.9 Å². The summed E-state index contributed by atoms with van der Waals surface area (Å²) in [6.07, 6.45) is 6.26. The molecule has 6 nitrogen and oxygen atoms in total. The molecule has 2 rings (SSSR count). The van der Waals surface area contributed by atoms with Crippen molar-refractivity contribution in [3.8, 4) is 0 Å². The molecule has 0 bridgehead atoms. The summed E-state index contributed by atoms with van der Waals surface area (Å²) in [5.74, 6) is 0. The standard InChI is InChI=1S/C13H18N4O2S/c1-4-17-10-13(9-15-17)20(18,19)16(3)11(2)12-6-5-7-14-8-12/h5-11H,4H2,1-3H3/t11-/m1/s1. The minimum absolute atomic E-state index is 0.206. The Balaban J connectivity index is 2.29. The van der Waals surface area contributed by atoms with Gasteiger partial charge in [-0.1, -0.05) is 6.07 Å². The number of nitrogens with zero attached hydrogens (tertiary/aromatic N) is 4. The van der Waals surface area contributed by atoms with Crippen molar-refractivity contribution >= 4 is 10.0 Å². The minimum atomic E-state index is -3.55. The first-order chi connectivity index (χ1) is 9.46. The third-order valence-corrected chi connectivity index (χ3v) is 5.20. The number of rotatable bonds is 5. The third-order valence-electron chi connectivity index (χ3n) is 3.32. The van der Waals surface area contributed by atoms with Gasteiger partial charge >= 0.3 is 0 Å². The maximum absolute atomic E-state index is 12.5. The summed E-state index contributed by atoms with van der Waals surface area (Å²) in [5.41, 5.74) is 0.849. The second-order valence-electron chi connectivity index (χ2n) is 4.52. The van der Waals surface area contributed by atoms with Gasteiger partial charge in [-0.15, -0.1) is 0 Å². The fraction of sp³-hybridized carbons (Fsp3) is 0.385. The topological polar surface area (TPSA) is 68.1 Å². The first-order valence-corrected chi connectivity index (χ1v) is 7.81. The second-order valence-corrected chi connectivity index (χ2v) is 6.51. The van der Waals surface area contributed by atoms with Crippen molar-refractivity contribution in [3.63, 3.8) is 0 Å². The smallest absolute Gasteiger partial charge is 0.246 e. The molecule has 2 aromatic rings. The normalized spacial score (nSPS) is 13.6. The van der Waals surface area contributed by atoms with Crippen LogP contribution >= 0.6 is 0 Å². The van der Waals surface area contributed by atoms with E-state index in [-0.39, 0.29) is 10.9 Å². The van der Waals surface area contributed by atoms with Gasteiger partial charge in [0.2, 0.25) is 10.0 Å². The Kier molecular flexibility index (Phi) is 4.20. The molecule has 0 N–H and O–H groups in total. The van der Waals surface area contributed by atoms with Crippen LogP contribution in [0.1, 0.15) is 25.5 Å². The van der Waals surface area contributed by atoms with E-state index in [4.69, 9.17) is 0 Å². The lowest BCUT2D eigenvalue weighted by molar-refractivity contribution is 0.397. The molecule has 7 heteroatoms. The zero-order valence-corrected chi connectivity index (χ0v) is 12.6. The third kappa shape index (κ3) is 2.73. The number of hydrogen-bond acceptors (Lipinski definition) is 4. The van der Waals surface area contributed by atoms with E-state index in [0.717, 1.165) is 5.56 Å². The van der Waals surface area contributed by atoms with Crippen molar-refractivity contribution in [1.82, 2.24) is 19.1 Å². The van der Waals surface area contributed by atoms with Gasteiger partial charge in [-0.25, -0.2) is 8.42 Å².